The normalized spacial score (nSPS) is 10.8. The van der Waals surface area contributed by atoms with Gasteiger partial charge in [-0.25, -0.2) is 4.39 Å². The highest BCUT2D eigenvalue weighted by Crippen LogP contribution is 2.26. The molecule has 1 N–H and O–H groups in total. The predicted molar refractivity (Wildman–Crippen MR) is 76.4 cm³/mol. The molecule has 4 nitrogen and oxygen atoms in total. The van der Waals surface area contributed by atoms with E-state index in [4.69, 9.17) is 4.74 Å². The topological polar surface area (TPSA) is 39.1 Å². The first-order chi connectivity index (χ1) is 9.74. The van der Waals surface area contributed by atoms with Crippen LogP contribution in [0, 0.1) is 5.82 Å². The number of hydrogen-bond acceptors (Lipinski definition) is 3. The van der Waals surface area contributed by atoms with Crippen LogP contribution in [0.5, 0.6) is 11.5 Å². The second-order valence-corrected chi connectivity index (χ2v) is 4.53. The minimum absolute atomic E-state index is 0.256. The average molecular weight is 277 g/mol. The van der Waals surface area contributed by atoms with Gasteiger partial charge in [0.05, 0.1) is 12.4 Å². The van der Waals surface area contributed by atoms with Crippen molar-refractivity contribution in [3.63, 3.8) is 0 Å². The highest BCUT2D eigenvalue weighted by molar-refractivity contribution is 5.37. The highest BCUT2D eigenvalue weighted by Gasteiger charge is 2.11. The summed E-state index contributed by atoms with van der Waals surface area (Å²) in [5, 5.41) is 7.33. The lowest BCUT2D eigenvalue weighted by Gasteiger charge is -2.11. The second kappa shape index (κ2) is 7.05. The number of ether oxygens (including phenoxy) is 1. The number of nitrogens with zero attached hydrogens (tertiary/aromatic N) is 2. The van der Waals surface area contributed by atoms with E-state index in [1.807, 2.05) is 6.92 Å². The standard InChI is InChI=1S/C15H20FN3O/c1-3-8-17-10-13-14(16)6-5-7-15(13)20-12-9-18-19(4-2)11-12/h5-7,9,11,17H,3-4,8,10H2,1-2H3. The number of nitrogens with one attached hydrogen (secondary N) is 1. The molecule has 0 aliphatic carbocycles. The van der Waals surface area contributed by atoms with Crippen molar-refractivity contribution in [1.82, 2.24) is 15.1 Å². The fraction of sp³-hybridized carbons (Fsp3) is 0.400. The molecule has 0 saturated heterocycles. The van der Waals surface area contributed by atoms with E-state index >= 15 is 0 Å². The zero-order valence-corrected chi connectivity index (χ0v) is 11.9. The Bertz CT molecular complexity index is 554. The number of benzene rings is 1. The predicted octanol–water partition coefficient (Wildman–Crippen LogP) is 3.33. The van der Waals surface area contributed by atoms with Gasteiger partial charge in [-0.3, -0.25) is 4.68 Å². The van der Waals surface area contributed by atoms with Crippen LogP contribution in [0.2, 0.25) is 0 Å². The van der Waals surface area contributed by atoms with Gasteiger partial charge in [0.25, 0.3) is 0 Å². The zero-order chi connectivity index (χ0) is 14.4. The van der Waals surface area contributed by atoms with E-state index in [9.17, 15) is 4.39 Å². The zero-order valence-electron chi connectivity index (χ0n) is 11.9. The molecule has 1 aromatic heterocycles. The third-order valence-electron chi connectivity index (χ3n) is 2.97. The smallest absolute Gasteiger partial charge is 0.165 e. The van der Waals surface area contributed by atoms with Gasteiger partial charge in [0.1, 0.15) is 11.6 Å². The van der Waals surface area contributed by atoms with E-state index in [0.717, 1.165) is 19.5 Å². The van der Waals surface area contributed by atoms with Crippen molar-refractivity contribution in [2.24, 2.45) is 0 Å². The molecule has 0 unspecified atom stereocenters. The summed E-state index contributed by atoms with van der Waals surface area (Å²) in [5.41, 5.74) is 0.546. The molecule has 0 fully saturated rings. The molecular formula is C15H20FN3O. The van der Waals surface area contributed by atoms with Gasteiger partial charge in [0, 0.05) is 18.7 Å². The molecule has 2 aromatic rings. The first-order valence-corrected chi connectivity index (χ1v) is 6.93. The number of hydrogen-bond donors (Lipinski definition) is 1. The molecule has 0 bridgehead atoms. The fourth-order valence-corrected chi connectivity index (χ4v) is 1.89. The molecule has 20 heavy (non-hydrogen) atoms. The lowest BCUT2D eigenvalue weighted by molar-refractivity contribution is 0.461. The van der Waals surface area contributed by atoms with Gasteiger partial charge in [0.2, 0.25) is 0 Å². The molecule has 1 aromatic carbocycles. The fourth-order valence-electron chi connectivity index (χ4n) is 1.89. The van der Waals surface area contributed by atoms with Crippen molar-refractivity contribution in [2.45, 2.75) is 33.4 Å². The Hall–Kier alpha value is -1.88. The van der Waals surface area contributed by atoms with Crippen molar-refractivity contribution in [3.8, 4) is 11.5 Å². The molecule has 2 rings (SSSR count). The number of halogens is 1. The van der Waals surface area contributed by atoms with Crippen LogP contribution in [-0.4, -0.2) is 16.3 Å². The van der Waals surface area contributed by atoms with Gasteiger partial charge in [-0.1, -0.05) is 13.0 Å². The molecule has 108 valence electrons. The number of aryl methyl sites for hydroxylation is 1. The maximum atomic E-state index is 13.9. The van der Waals surface area contributed by atoms with Crippen molar-refractivity contribution in [1.29, 1.82) is 0 Å². The molecule has 0 amide bonds. The van der Waals surface area contributed by atoms with Crippen molar-refractivity contribution in [3.05, 3.63) is 42.0 Å². The molecule has 0 spiro atoms. The van der Waals surface area contributed by atoms with Crippen LogP contribution in [0.25, 0.3) is 0 Å². The van der Waals surface area contributed by atoms with E-state index in [0.29, 0.717) is 23.6 Å². The van der Waals surface area contributed by atoms with Crippen LogP contribution < -0.4 is 10.1 Å². The lowest BCUT2D eigenvalue weighted by atomic mass is 10.2. The van der Waals surface area contributed by atoms with Crippen LogP contribution in [0.4, 0.5) is 4.39 Å². The van der Waals surface area contributed by atoms with Crippen LogP contribution in [0.15, 0.2) is 30.6 Å². The summed E-state index contributed by atoms with van der Waals surface area (Å²) in [4.78, 5) is 0. The first-order valence-electron chi connectivity index (χ1n) is 6.93. The van der Waals surface area contributed by atoms with Gasteiger partial charge in [-0.2, -0.15) is 5.10 Å². The van der Waals surface area contributed by atoms with E-state index in [-0.39, 0.29) is 5.82 Å². The summed E-state index contributed by atoms with van der Waals surface area (Å²) in [7, 11) is 0. The quantitative estimate of drug-likeness (QED) is 0.789. The summed E-state index contributed by atoms with van der Waals surface area (Å²) >= 11 is 0. The average Bonchev–Trinajstić information content (AvgIpc) is 2.90. The Morgan fingerprint density at radius 3 is 2.90 bits per heavy atom. The summed E-state index contributed by atoms with van der Waals surface area (Å²) in [6, 6.07) is 4.87. The van der Waals surface area contributed by atoms with Crippen LogP contribution in [0.1, 0.15) is 25.8 Å². The molecule has 0 aliphatic heterocycles. The van der Waals surface area contributed by atoms with Crippen LogP contribution in [0.3, 0.4) is 0 Å². The molecule has 0 atom stereocenters. The van der Waals surface area contributed by atoms with Gasteiger partial charge in [-0.05, 0) is 32.0 Å². The van der Waals surface area contributed by atoms with Crippen molar-refractivity contribution >= 4 is 0 Å². The van der Waals surface area contributed by atoms with Crippen molar-refractivity contribution in [2.75, 3.05) is 6.54 Å². The van der Waals surface area contributed by atoms with Crippen molar-refractivity contribution < 1.29 is 9.13 Å². The third kappa shape index (κ3) is 3.57. The van der Waals surface area contributed by atoms with Gasteiger partial charge in [-0.15, -0.1) is 0 Å². The Kier molecular flexibility index (Phi) is 5.12. The van der Waals surface area contributed by atoms with E-state index < -0.39 is 0 Å². The molecular weight excluding hydrogens is 257 g/mol. The van der Waals surface area contributed by atoms with Crippen LogP contribution in [-0.2, 0) is 13.1 Å². The summed E-state index contributed by atoms with van der Waals surface area (Å²) < 4.78 is 21.4. The Morgan fingerprint density at radius 2 is 2.20 bits per heavy atom. The van der Waals surface area contributed by atoms with E-state index in [1.54, 1.807) is 29.2 Å². The minimum atomic E-state index is -0.256. The third-order valence-corrected chi connectivity index (χ3v) is 2.97. The van der Waals surface area contributed by atoms with Gasteiger partial charge < -0.3 is 10.1 Å². The monoisotopic (exact) mass is 277 g/mol. The Morgan fingerprint density at radius 1 is 1.35 bits per heavy atom. The molecule has 0 saturated carbocycles. The molecule has 0 aliphatic rings. The van der Waals surface area contributed by atoms with Crippen LogP contribution >= 0.6 is 0 Å². The Labute approximate surface area is 118 Å². The molecule has 1 heterocycles. The highest BCUT2D eigenvalue weighted by atomic mass is 19.1. The lowest BCUT2D eigenvalue weighted by Crippen LogP contribution is -2.15. The van der Waals surface area contributed by atoms with Gasteiger partial charge in [0.15, 0.2) is 5.75 Å². The van der Waals surface area contributed by atoms with E-state index in [1.165, 1.54) is 6.07 Å². The Balaban J connectivity index is 2.15. The maximum Gasteiger partial charge on any atom is 0.165 e. The maximum absolute atomic E-state index is 13.9. The largest absolute Gasteiger partial charge is 0.454 e. The molecule has 0 radical (unpaired) electrons. The summed E-state index contributed by atoms with van der Waals surface area (Å²) in [5.74, 6) is 0.896. The van der Waals surface area contributed by atoms with E-state index in [2.05, 4.69) is 17.3 Å². The number of aromatic nitrogens is 2. The second-order valence-electron chi connectivity index (χ2n) is 4.53. The SMILES string of the molecule is CCCNCc1c(F)cccc1Oc1cnn(CC)c1. The first kappa shape index (κ1) is 14.5. The summed E-state index contributed by atoms with van der Waals surface area (Å²) in [6.07, 6.45) is 4.44. The molecule has 5 heteroatoms. The number of rotatable bonds is 7. The van der Waals surface area contributed by atoms with Gasteiger partial charge >= 0.3 is 0 Å². The minimum Gasteiger partial charge on any atom is -0.454 e. The summed E-state index contributed by atoms with van der Waals surface area (Å²) in [6.45, 7) is 6.15.